The van der Waals surface area contributed by atoms with Crippen molar-refractivity contribution in [3.8, 4) is 6.07 Å². The fraction of sp³-hybridized carbons (Fsp3) is 0.560. The zero-order chi connectivity index (χ0) is 23.6. The molecule has 1 aliphatic carbocycles. The number of carbonyl (C=O) groups is 1. The smallest absolute Gasteiger partial charge is 0.407 e. The average Bonchev–Trinajstić information content (AvgIpc) is 3.40. The molecule has 2 fully saturated rings. The summed E-state index contributed by atoms with van der Waals surface area (Å²) in [6.07, 6.45) is 5.17. The van der Waals surface area contributed by atoms with Crippen molar-refractivity contribution < 1.29 is 13.9 Å². The van der Waals surface area contributed by atoms with Gasteiger partial charge in [-0.25, -0.2) is 9.18 Å². The molecule has 8 heteroatoms. The lowest BCUT2D eigenvalue weighted by Gasteiger charge is -2.39. The van der Waals surface area contributed by atoms with Crippen LogP contribution in [0.4, 0.5) is 9.18 Å². The average molecular weight is 454 g/mol. The van der Waals surface area contributed by atoms with E-state index < -0.39 is 5.60 Å². The first-order valence-corrected chi connectivity index (χ1v) is 11.7. The highest BCUT2D eigenvalue weighted by molar-refractivity contribution is 5.68. The fourth-order valence-electron chi connectivity index (χ4n) is 5.16. The van der Waals surface area contributed by atoms with E-state index in [-0.39, 0.29) is 36.0 Å². The van der Waals surface area contributed by atoms with Crippen LogP contribution in [0.15, 0.2) is 36.5 Å². The van der Waals surface area contributed by atoms with Gasteiger partial charge in [0.15, 0.2) is 5.69 Å². The summed E-state index contributed by atoms with van der Waals surface area (Å²) in [7, 11) is 0. The second kappa shape index (κ2) is 9.52. The molecule has 2 heterocycles. The van der Waals surface area contributed by atoms with Gasteiger partial charge in [0, 0.05) is 24.8 Å². The number of benzene rings is 1. The van der Waals surface area contributed by atoms with Crippen LogP contribution >= 0.6 is 0 Å². The van der Waals surface area contributed by atoms with Gasteiger partial charge in [-0.15, -0.1) is 0 Å². The third-order valence-corrected chi connectivity index (χ3v) is 6.54. The molecule has 1 amide bonds. The monoisotopic (exact) mass is 453 g/mol. The number of halogens is 1. The van der Waals surface area contributed by atoms with Gasteiger partial charge < -0.3 is 10.1 Å². The quantitative estimate of drug-likeness (QED) is 0.743. The summed E-state index contributed by atoms with van der Waals surface area (Å²) < 4.78 is 20.8. The normalized spacial score (nSPS) is 26.0. The fourth-order valence-corrected chi connectivity index (χ4v) is 5.16. The van der Waals surface area contributed by atoms with Gasteiger partial charge in [-0.3, -0.25) is 9.58 Å². The molecule has 4 rings (SSSR count). The van der Waals surface area contributed by atoms with Crippen molar-refractivity contribution in [1.82, 2.24) is 20.0 Å². The van der Waals surface area contributed by atoms with Crippen molar-refractivity contribution in [3.63, 3.8) is 0 Å². The number of nitrogens with zero attached hydrogens (tertiary/aromatic N) is 4. The van der Waals surface area contributed by atoms with Gasteiger partial charge in [0.05, 0.1) is 6.04 Å². The van der Waals surface area contributed by atoms with E-state index in [0.717, 1.165) is 44.3 Å². The zero-order valence-electron chi connectivity index (χ0n) is 19.5. The molecule has 0 radical (unpaired) electrons. The van der Waals surface area contributed by atoms with Gasteiger partial charge in [0.1, 0.15) is 17.5 Å². The molecule has 1 aliphatic heterocycles. The summed E-state index contributed by atoms with van der Waals surface area (Å²) in [6.45, 7) is 7.26. The first-order chi connectivity index (χ1) is 15.7. The van der Waals surface area contributed by atoms with E-state index in [1.165, 1.54) is 12.1 Å². The Kier molecular flexibility index (Phi) is 6.71. The van der Waals surface area contributed by atoms with Crippen molar-refractivity contribution in [2.45, 2.75) is 76.1 Å². The number of nitrogens with one attached hydrogen (secondary N) is 1. The Morgan fingerprint density at radius 3 is 2.61 bits per heavy atom. The molecule has 1 aromatic carbocycles. The Labute approximate surface area is 194 Å². The van der Waals surface area contributed by atoms with Gasteiger partial charge in [-0.1, -0.05) is 12.1 Å². The number of alkyl carbamates (subject to hydrolysis) is 1. The molecular formula is C25H32FN5O2. The number of rotatable bonds is 4. The summed E-state index contributed by atoms with van der Waals surface area (Å²) in [5, 5.41) is 16.8. The minimum absolute atomic E-state index is 0.0198. The molecule has 1 N–H and O–H groups in total. The summed E-state index contributed by atoms with van der Waals surface area (Å²) in [6, 6.07) is 10.9. The number of hydrogen-bond donors (Lipinski definition) is 1. The molecule has 2 aliphatic rings. The predicted molar refractivity (Wildman–Crippen MR) is 122 cm³/mol. The van der Waals surface area contributed by atoms with Crippen molar-refractivity contribution >= 4 is 6.09 Å². The first kappa shape index (κ1) is 23.2. The Bertz CT molecular complexity index is 1010. The number of likely N-dealkylation sites (tertiary alicyclic amines) is 1. The SMILES string of the molecule is CC(C)(C)OC(=O)N[C@@H]1CCCN(C2CC(c3ccc(F)cc3)CC2n2ccc(C#N)n2)C1. The second-order valence-electron chi connectivity index (χ2n) is 10.1. The molecular weight excluding hydrogens is 421 g/mol. The standard InChI is InChI=1S/C25H32FN5O2/c1-25(2,3)33-24(32)28-21-5-4-11-30(16-21)22-13-18(17-6-8-19(26)9-7-17)14-23(22)31-12-10-20(15-27)29-31/h6-10,12,18,21-23H,4-5,11,13-14,16H2,1-3H3,(H,28,32)/t18?,21-,22?,23?/m1/s1. The van der Waals surface area contributed by atoms with Gasteiger partial charge in [0.2, 0.25) is 0 Å². The molecule has 3 unspecified atom stereocenters. The molecule has 1 saturated heterocycles. The minimum atomic E-state index is -0.532. The third kappa shape index (κ3) is 5.72. The van der Waals surface area contributed by atoms with Crippen molar-refractivity contribution in [1.29, 1.82) is 5.26 Å². The molecule has 1 saturated carbocycles. The summed E-state index contributed by atoms with van der Waals surface area (Å²) in [5.74, 6) is 0.0391. The molecule has 1 aromatic heterocycles. The van der Waals surface area contributed by atoms with Crippen molar-refractivity contribution in [3.05, 3.63) is 53.6 Å². The Balaban J connectivity index is 1.51. The van der Waals surface area contributed by atoms with E-state index in [1.54, 1.807) is 6.07 Å². The molecule has 0 bridgehead atoms. The van der Waals surface area contributed by atoms with E-state index in [0.29, 0.717) is 5.69 Å². The van der Waals surface area contributed by atoms with Crippen LogP contribution < -0.4 is 5.32 Å². The van der Waals surface area contributed by atoms with Crippen LogP contribution in [0.3, 0.4) is 0 Å². The van der Waals surface area contributed by atoms with Gasteiger partial charge in [-0.2, -0.15) is 10.4 Å². The molecule has 2 aromatic rings. The third-order valence-electron chi connectivity index (χ3n) is 6.54. The maximum Gasteiger partial charge on any atom is 0.407 e. The number of hydrogen-bond acceptors (Lipinski definition) is 5. The Morgan fingerprint density at radius 2 is 1.94 bits per heavy atom. The zero-order valence-corrected chi connectivity index (χ0v) is 19.5. The number of amides is 1. The molecule has 0 spiro atoms. The molecule has 4 atom stereocenters. The number of ether oxygens (including phenoxy) is 1. The largest absolute Gasteiger partial charge is 0.444 e. The van der Waals surface area contributed by atoms with Gasteiger partial charge in [-0.05, 0) is 82.7 Å². The van der Waals surface area contributed by atoms with Crippen LogP contribution in [0.25, 0.3) is 0 Å². The van der Waals surface area contributed by atoms with Crippen LogP contribution in [0.2, 0.25) is 0 Å². The van der Waals surface area contributed by atoms with E-state index in [4.69, 9.17) is 4.74 Å². The molecule has 33 heavy (non-hydrogen) atoms. The maximum absolute atomic E-state index is 13.5. The number of piperidine rings is 1. The first-order valence-electron chi connectivity index (χ1n) is 11.7. The van der Waals surface area contributed by atoms with Crippen LogP contribution in [-0.2, 0) is 4.74 Å². The molecule has 176 valence electrons. The van der Waals surface area contributed by atoms with Crippen LogP contribution in [0.1, 0.15) is 69.7 Å². The van der Waals surface area contributed by atoms with E-state index >= 15 is 0 Å². The highest BCUT2D eigenvalue weighted by Crippen LogP contribution is 2.44. The lowest BCUT2D eigenvalue weighted by Crippen LogP contribution is -2.52. The van der Waals surface area contributed by atoms with Crippen LogP contribution in [-0.4, -0.2) is 51.5 Å². The summed E-state index contributed by atoms with van der Waals surface area (Å²) >= 11 is 0. The van der Waals surface area contributed by atoms with Crippen molar-refractivity contribution in [2.75, 3.05) is 13.1 Å². The summed E-state index contributed by atoms with van der Waals surface area (Å²) in [5.41, 5.74) is 0.995. The van der Waals surface area contributed by atoms with E-state index in [9.17, 15) is 14.4 Å². The van der Waals surface area contributed by atoms with E-state index in [2.05, 4.69) is 21.4 Å². The topological polar surface area (TPSA) is 83.2 Å². The maximum atomic E-state index is 13.5. The van der Waals surface area contributed by atoms with Gasteiger partial charge >= 0.3 is 6.09 Å². The van der Waals surface area contributed by atoms with Gasteiger partial charge in [0.25, 0.3) is 0 Å². The van der Waals surface area contributed by atoms with Crippen LogP contribution in [0, 0.1) is 17.1 Å². The second-order valence-corrected chi connectivity index (χ2v) is 10.1. The highest BCUT2D eigenvalue weighted by Gasteiger charge is 2.41. The lowest BCUT2D eigenvalue weighted by atomic mass is 9.97. The minimum Gasteiger partial charge on any atom is -0.444 e. The number of carbonyl (C=O) groups excluding carboxylic acids is 1. The van der Waals surface area contributed by atoms with E-state index in [1.807, 2.05) is 43.8 Å². The predicted octanol–water partition coefficient (Wildman–Crippen LogP) is 4.37. The number of nitriles is 1. The summed E-state index contributed by atoms with van der Waals surface area (Å²) in [4.78, 5) is 14.8. The lowest BCUT2D eigenvalue weighted by molar-refractivity contribution is 0.0442. The Morgan fingerprint density at radius 1 is 1.21 bits per heavy atom. The number of aromatic nitrogens is 2. The highest BCUT2D eigenvalue weighted by atomic mass is 19.1. The van der Waals surface area contributed by atoms with Crippen molar-refractivity contribution in [2.24, 2.45) is 0 Å². The van der Waals surface area contributed by atoms with Crippen LogP contribution in [0.5, 0.6) is 0 Å². The Hall–Kier alpha value is -2.92. The molecule has 7 nitrogen and oxygen atoms in total.